The predicted octanol–water partition coefficient (Wildman–Crippen LogP) is 1.09. The van der Waals surface area contributed by atoms with Crippen LogP contribution >= 0.6 is 0 Å². The minimum absolute atomic E-state index is 0.328. The van der Waals surface area contributed by atoms with Crippen LogP contribution in [-0.2, 0) is 19.1 Å². The van der Waals surface area contributed by atoms with Crippen LogP contribution in [-0.4, -0.2) is 39.1 Å². The molecule has 0 spiro atoms. The van der Waals surface area contributed by atoms with Crippen LogP contribution in [0.15, 0.2) is 0 Å². The topological polar surface area (TPSA) is 52.6 Å². The molecule has 0 amide bonds. The van der Waals surface area contributed by atoms with Gasteiger partial charge in [-0.15, -0.1) is 0 Å². The van der Waals surface area contributed by atoms with Crippen molar-refractivity contribution in [2.24, 2.45) is 0 Å². The third-order valence-electron chi connectivity index (χ3n) is 2.11. The Morgan fingerprint density at radius 2 is 1.47 bits per heavy atom. The van der Waals surface area contributed by atoms with Crippen LogP contribution in [0, 0.1) is 28.9 Å². The number of ether oxygens (including phenoxy) is 2. The summed E-state index contributed by atoms with van der Waals surface area (Å²) in [6.07, 6.45) is 5.15. The van der Waals surface area contributed by atoms with E-state index in [4.69, 9.17) is 9.47 Å². The molecule has 17 heavy (non-hydrogen) atoms. The van der Waals surface area contributed by atoms with Gasteiger partial charge >= 0.3 is 107 Å². The Balaban J connectivity index is 2.64. The average Bonchev–Trinajstić information content (AvgIpc) is 2.29. The second-order valence-corrected chi connectivity index (χ2v) is 7.19. The van der Waals surface area contributed by atoms with Gasteiger partial charge in [-0.05, 0) is 0 Å². The Hall–Kier alpha value is -0.541. The van der Waals surface area contributed by atoms with Crippen LogP contribution in [0.3, 0.4) is 0 Å². The molecule has 0 unspecified atom stereocenters. The summed E-state index contributed by atoms with van der Waals surface area (Å²) < 4.78 is 9.93. The van der Waals surface area contributed by atoms with Gasteiger partial charge in [-0.3, -0.25) is 0 Å². The van der Waals surface area contributed by atoms with E-state index in [1.54, 1.807) is 33.1 Å². The molecule has 1 aliphatic rings. The van der Waals surface area contributed by atoms with E-state index in [-0.39, 0.29) is 11.9 Å². The van der Waals surface area contributed by atoms with Crippen LogP contribution in [0.1, 0.15) is 13.8 Å². The monoisotopic (exact) mass is 304 g/mol. The SMILES string of the molecule is CCOC(=O)[C]1[CH][CH][CH][C](C(=O)OCC)[Se+]1C. The first-order valence-electron chi connectivity index (χ1n) is 5.37. The fourth-order valence-corrected chi connectivity index (χ4v) is 4.32. The van der Waals surface area contributed by atoms with Crippen molar-refractivity contribution in [2.75, 3.05) is 13.2 Å². The molecule has 1 fully saturated rings. The zero-order valence-electron chi connectivity index (χ0n) is 10.2. The summed E-state index contributed by atoms with van der Waals surface area (Å²) in [5.74, 6) is 1.26. The molecular formula is C12H16O4Se+. The molecule has 0 atom stereocenters. The molecule has 0 bridgehead atoms. The van der Waals surface area contributed by atoms with Gasteiger partial charge in [-0.1, -0.05) is 0 Å². The Kier molecular flexibility index (Phi) is 5.99. The molecule has 1 heterocycles. The van der Waals surface area contributed by atoms with Crippen molar-refractivity contribution in [1.29, 1.82) is 0 Å². The van der Waals surface area contributed by atoms with E-state index < -0.39 is 13.9 Å². The molecule has 4 nitrogen and oxygen atoms in total. The van der Waals surface area contributed by atoms with Crippen LogP contribution in [0.5, 0.6) is 0 Å². The number of esters is 2. The van der Waals surface area contributed by atoms with Gasteiger partial charge in [0.1, 0.15) is 0 Å². The fraction of sp³-hybridized carbons (Fsp3) is 0.417. The predicted molar refractivity (Wildman–Crippen MR) is 64.3 cm³/mol. The van der Waals surface area contributed by atoms with Crippen LogP contribution < -0.4 is 0 Å². The number of carbonyl (C=O) groups excluding carboxylic acids is 2. The second kappa shape index (κ2) is 7.02. The van der Waals surface area contributed by atoms with Gasteiger partial charge in [0.2, 0.25) is 0 Å². The van der Waals surface area contributed by atoms with E-state index in [1.807, 2.05) is 5.82 Å². The van der Waals surface area contributed by atoms with Crippen LogP contribution in [0.2, 0.25) is 5.82 Å². The van der Waals surface area contributed by atoms with E-state index in [1.165, 1.54) is 0 Å². The zero-order chi connectivity index (χ0) is 12.8. The van der Waals surface area contributed by atoms with Gasteiger partial charge in [0.25, 0.3) is 0 Å². The van der Waals surface area contributed by atoms with Crippen molar-refractivity contribution < 1.29 is 19.1 Å². The van der Waals surface area contributed by atoms with Crippen LogP contribution in [0.4, 0.5) is 0 Å². The molecule has 1 aliphatic heterocycles. The third kappa shape index (κ3) is 3.71. The summed E-state index contributed by atoms with van der Waals surface area (Å²) in [6.45, 7) is 4.20. The molecule has 1 rings (SSSR count). The van der Waals surface area contributed by atoms with Crippen molar-refractivity contribution in [1.82, 2.24) is 0 Å². The molecule has 5 heteroatoms. The molecule has 0 aliphatic carbocycles. The first-order valence-corrected chi connectivity index (χ1v) is 8.79. The Labute approximate surface area is 107 Å². The Morgan fingerprint density at radius 3 is 1.82 bits per heavy atom. The number of carbonyl (C=O) groups is 2. The summed E-state index contributed by atoms with van der Waals surface area (Å²) in [5, 5.41) is 0. The van der Waals surface area contributed by atoms with E-state index in [2.05, 4.69) is 0 Å². The molecular weight excluding hydrogens is 287 g/mol. The molecule has 5 radical (unpaired) electrons. The first kappa shape index (κ1) is 14.5. The standard InChI is InChI=1S/C12H16O4Se/c1-4-15-11(13)9-7-6-8-10(17(9)3)12(14)16-5-2/h6-8H,4-5H2,1-3H3/q+1. The third-order valence-corrected chi connectivity index (χ3v) is 6.15. The summed E-state index contributed by atoms with van der Waals surface area (Å²) >= 11 is -1.61. The number of hydrogen-bond acceptors (Lipinski definition) is 4. The van der Waals surface area contributed by atoms with Crippen molar-refractivity contribution in [3.63, 3.8) is 0 Å². The summed E-state index contributed by atoms with van der Waals surface area (Å²) in [7, 11) is 0. The second-order valence-electron chi connectivity index (χ2n) is 3.21. The number of rotatable bonds is 4. The van der Waals surface area contributed by atoms with Crippen molar-refractivity contribution in [2.45, 2.75) is 19.7 Å². The van der Waals surface area contributed by atoms with E-state index in [0.717, 1.165) is 0 Å². The zero-order valence-corrected chi connectivity index (χ0v) is 11.9. The van der Waals surface area contributed by atoms with E-state index in [9.17, 15) is 9.59 Å². The van der Waals surface area contributed by atoms with Crippen LogP contribution in [0.25, 0.3) is 0 Å². The normalized spacial score (nSPS) is 19.0. The summed E-state index contributed by atoms with van der Waals surface area (Å²) in [6, 6.07) is 0. The van der Waals surface area contributed by atoms with Gasteiger partial charge in [0.05, 0.1) is 0 Å². The van der Waals surface area contributed by atoms with Gasteiger partial charge in [-0.2, -0.15) is 0 Å². The van der Waals surface area contributed by atoms with Crippen molar-refractivity contribution >= 4 is 25.8 Å². The van der Waals surface area contributed by atoms with E-state index >= 15 is 0 Å². The maximum absolute atomic E-state index is 11.7. The summed E-state index contributed by atoms with van der Waals surface area (Å²) in [4.78, 5) is 24.6. The first-order chi connectivity index (χ1) is 8.11. The van der Waals surface area contributed by atoms with Crippen molar-refractivity contribution in [3.8, 4) is 0 Å². The molecule has 0 saturated carbocycles. The maximum atomic E-state index is 11.7. The molecule has 0 aromatic rings. The fourth-order valence-electron chi connectivity index (χ4n) is 1.34. The van der Waals surface area contributed by atoms with E-state index in [0.29, 0.717) is 22.8 Å². The molecule has 0 aromatic heterocycles. The molecule has 0 N–H and O–H groups in total. The van der Waals surface area contributed by atoms with Gasteiger partial charge in [0.15, 0.2) is 0 Å². The minimum atomic E-state index is -1.61. The molecule has 0 aromatic carbocycles. The Morgan fingerprint density at radius 1 is 1.06 bits per heavy atom. The van der Waals surface area contributed by atoms with Gasteiger partial charge < -0.3 is 0 Å². The molecule has 1 saturated heterocycles. The van der Waals surface area contributed by atoms with Gasteiger partial charge in [0, 0.05) is 0 Å². The quantitative estimate of drug-likeness (QED) is 0.576. The average molecular weight is 303 g/mol. The summed E-state index contributed by atoms with van der Waals surface area (Å²) in [5.41, 5.74) is 0. The van der Waals surface area contributed by atoms with Gasteiger partial charge in [-0.25, -0.2) is 0 Å². The molecule has 93 valence electrons. The number of hydrogen-bond donors (Lipinski definition) is 0. The Bertz CT molecular complexity index is 254. The van der Waals surface area contributed by atoms with Crippen molar-refractivity contribution in [3.05, 3.63) is 28.9 Å².